The van der Waals surface area contributed by atoms with Gasteiger partial charge >= 0.3 is 0 Å². The first-order valence-electron chi connectivity index (χ1n) is 4.62. The standard InChI is InChI=1S/C12H14N2/c1-10(8-9-13)14-11(2)12-6-4-3-5-7-12/h3-8,11,14H,1-2H3/b10-8+. The molecule has 0 aromatic heterocycles. The van der Waals surface area contributed by atoms with E-state index >= 15 is 0 Å². The minimum atomic E-state index is 0.237. The molecule has 0 aliphatic carbocycles. The Bertz CT molecular complexity index is 346. The first-order valence-corrected chi connectivity index (χ1v) is 4.62. The molecule has 1 aromatic rings. The molecule has 1 N–H and O–H groups in total. The van der Waals surface area contributed by atoms with E-state index in [2.05, 4.69) is 24.4 Å². The summed E-state index contributed by atoms with van der Waals surface area (Å²) in [5, 5.41) is 11.7. The van der Waals surface area contributed by atoms with Crippen LogP contribution in [0.5, 0.6) is 0 Å². The second-order valence-electron chi connectivity index (χ2n) is 3.23. The van der Waals surface area contributed by atoms with Crippen LogP contribution >= 0.6 is 0 Å². The van der Waals surface area contributed by atoms with E-state index in [0.717, 1.165) is 5.70 Å². The van der Waals surface area contributed by atoms with Crippen molar-refractivity contribution in [2.24, 2.45) is 0 Å². The van der Waals surface area contributed by atoms with Gasteiger partial charge in [0.2, 0.25) is 0 Å². The van der Waals surface area contributed by atoms with E-state index < -0.39 is 0 Å². The highest BCUT2D eigenvalue weighted by Crippen LogP contribution is 2.12. The van der Waals surface area contributed by atoms with Crippen LogP contribution in [0.15, 0.2) is 42.1 Å². The summed E-state index contributed by atoms with van der Waals surface area (Å²) in [4.78, 5) is 0. The average Bonchev–Trinajstić information content (AvgIpc) is 2.19. The third kappa shape index (κ3) is 2.95. The third-order valence-corrected chi connectivity index (χ3v) is 2.02. The fourth-order valence-electron chi connectivity index (χ4n) is 1.31. The molecule has 2 heteroatoms. The lowest BCUT2D eigenvalue weighted by atomic mass is 10.1. The van der Waals surface area contributed by atoms with Crippen molar-refractivity contribution in [2.45, 2.75) is 19.9 Å². The Balaban J connectivity index is 2.65. The van der Waals surface area contributed by atoms with Crippen LogP contribution in [0.1, 0.15) is 25.5 Å². The summed E-state index contributed by atoms with van der Waals surface area (Å²) in [6.07, 6.45) is 1.51. The van der Waals surface area contributed by atoms with Crippen molar-refractivity contribution in [1.82, 2.24) is 5.32 Å². The second-order valence-corrected chi connectivity index (χ2v) is 3.23. The van der Waals surface area contributed by atoms with Crippen LogP contribution in [0.4, 0.5) is 0 Å². The molecule has 1 aromatic carbocycles. The van der Waals surface area contributed by atoms with Gasteiger partial charge in [-0.1, -0.05) is 30.3 Å². The number of allylic oxidation sites excluding steroid dienone is 2. The Hall–Kier alpha value is -1.75. The lowest BCUT2D eigenvalue weighted by molar-refractivity contribution is 0.654. The molecule has 0 aliphatic rings. The van der Waals surface area contributed by atoms with Crippen molar-refractivity contribution in [1.29, 1.82) is 5.26 Å². The van der Waals surface area contributed by atoms with Crippen LogP contribution in [0.2, 0.25) is 0 Å². The molecule has 1 rings (SSSR count). The number of hydrogen-bond acceptors (Lipinski definition) is 2. The van der Waals surface area contributed by atoms with Crippen LogP contribution in [0, 0.1) is 11.3 Å². The highest BCUT2D eigenvalue weighted by molar-refractivity contribution is 5.20. The van der Waals surface area contributed by atoms with Gasteiger partial charge < -0.3 is 5.32 Å². The normalized spacial score (nSPS) is 13.1. The first kappa shape index (κ1) is 10.3. The molecule has 0 heterocycles. The molecule has 0 amide bonds. The minimum absolute atomic E-state index is 0.237. The van der Waals surface area contributed by atoms with Gasteiger partial charge in [-0.15, -0.1) is 0 Å². The van der Waals surface area contributed by atoms with Gasteiger partial charge in [0.15, 0.2) is 0 Å². The van der Waals surface area contributed by atoms with Crippen molar-refractivity contribution in [3.05, 3.63) is 47.7 Å². The van der Waals surface area contributed by atoms with Gasteiger partial charge in [-0.25, -0.2) is 0 Å². The molecule has 72 valence electrons. The molecule has 14 heavy (non-hydrogen) atoms. The molecule has 0 radical (unpaired) electrons. The lowest BCUT2D eigenvalue weighted by Crippen LogP contribution is -2.16. The molecule has 0 saturated heterocycles. The number of benzene rings is 1. The summed E-state index contributed by atoms with van der Waals surface area (Å²) < 4.78 is 0. The van der Waals surface area contributed by atoms with Gasteiger partial charge in [0, 0.05) is 17.8 Å². The maximum absolute atomic E-state index is 8.45. The third-order valence-electron chi connectivity index (χ3n) is 2.02. The summed E-state index contributed by atoms with van der Waals surface area (Å²) in [5.74, 6) is 0. The molecule has 0 bridgehead atoms. The van der Waals surface area contributed by atoms with E-state index in [0.29, 0.717) is 0 Å². The van der Waals surface area contributed by atoms with E-state index in [1.165, 1.54) is 11.6 Å². The van der Waals surface area contributed by atoms with Gasteiger partial charge in [0.1, 0.15) is 0 Å². The second kappa shape index (κ2) is 5.08. The average molecular weight is 186 g/mol. The van der Waals surface area contributed by atoms with Crippen LogP contribution in [0.25, 0.3) is 0 Å². The summed E-state index contributed by atoms with van der Waals surface area (Å²) in [6.45, 7) is 3.96. The van der Waals surface area contributed by atoms with Crippen LogP contribution in [-0.2, 0) is 0 Å². The number of nitrogens with one attached hydrogen (secondary N) is 1. The number of hydrogen-bond donors (Lipinski definition) is 1. The van der Waals surface area contributed by atoms with E-state index in [1.807, 2.05) is 31.2 Å². The van der Waals surface area contributed by atoms with E-state index in [9.17, 15) is 0 Å². The van der Waals surface area contributed by atoms with Gasteiger partial charge in [-0.3, -0.25) is 0 Å². The Morgan fingerprint density at radius 1 is 1.43 bits per heavy atom. The number of rotatable bonds is 3. The van der Waals surface area contributed by atoms with Gasteiger partial charge in [-0.05, 0) is 19.4 Å². The molecule has 2 nitrogen and oxygen atoms in total. The van der Waals surface area contributed by atoms with Crippen LogP contribution in [-0.4, -0.2) is 0 Å². The molecule has 1 unspecified atom stereocenters. The predicted molar refractivity (Wildman–Crippen MR) is 57.4 cm³/mol. The summed E-state index contributed by atoms with van der Waals surface area (Å²) >= 11 is 0. The number of nitrogens with zero attached hydrogens (tertiary/aromatic N) is 1. The van der Waals surface area contributed by atoms with E-state index in [4.69, 9.17) is 5.26 Å². The largest absolute Gasteiger partial charge is 0.381 e. The predicted octanol–water partition coefficient (Wildman–Crippen LogP) is 2.76. The maximum atomic E-state index is 8.45. The minimum Gasteiger partial charge on any atom is -0.381 e. The molecule has 0 aliphatic heterocycles. The van der Waals surface area contributed by atoms with Crippen molar-refractivity contribution in [2.75, 3.05) is 0 Å². The first-order chi connectivity index (χ1) is 6.74. The SMILES string of the molecule is C/C(=C\C#N)NC(C)c1ccccc1. The fraction of sp³-hybridized carbons (Fsp3) is 0.250. The highest BCUT2D eigenvalue weighted by Gasteiger charge is 2.02. The van der Waals surface area contributed by atoms with Gasteiger partial charge in [0.25, 0.3) is 0 Å². The Morgan fingerprint density at radius 3 is 2.64 bits per heavy atom. The zero-order valence-corrected chi connectivity index (χ0v) is 8.49. The highest BCUT2D eigenvalue weighted by atomic mass is 14.9. The monoisotopic (exact) mass is 186 g/mol. The van der Waals surface area contributed by atoms with Crippen LogP contribution < -0.4 is 5.32 Å². The zero-order valence-electron chi connectivity index (χ0n) is 8.49. The van der Waals surface area contributed by atoms with Crippen molar-refractivity contribution in [3.8, 4) is 6.07 Å². The lowest BCUT2D eigenvalue weighted by Gasteiger charge is -2.15. The summed E-state index contributed by atoms with van der Waals surface area (Å²) in [5.41, 5.74) is 2.11. The summed E-state index contributed by atoms with van der Waals surface area (Å²) in [6, 6.07) is 12.4. The maximum Gasteiger partial charge on any atom is 0.0930 e. The molecular weight excluding hydrogens is 172 g/mol. The smallest absolute Gasteiger partial charge is 0.0930 e. The van der Waals surface area contributed by atoms with Crippen molar-refractivity contribution in [3.63, 3.8) is 0 Å². The van der Waals surface area contributed by atoms with Crippen molar-refractivity contribution >= 4 is 0 Å². The van der Waals surface area contributed by atoms with Crippen molar-refractivity contribution < 1.29 is 0 Å². The molecule has 0 saturated carbocycles. The van der Waals surface area contributed by atoms with Gasteiger partial charge in [0.05, 0.1) is 6.07 Å². The topological polar surface area (TPSA) is 35.8 Å². The molecular formula is C12H14N2. The fourth-order valence-corrected chi connectivity index (χ4v) is 1.31. The quantitative estimate of drug-likeness (QED) is 0.737. The zero-order chi connectivity index (χ0) is 10.4. The Kier molecular flexibility index (Phi) is 3.75. The van der Waals surface area contributed by atoms with Crippen LogP contribution in [0.3, 0.4) is 0 Å². The van der Waals surface area contributed by atoms with E-state index in [1.54, 1.807) is 0 Å². The van der Waals surface area contributed by atoms with Gasteiger partial charge in [-0.2, -0.15) is 5.26 Å². The molecule has 0 spiro atoms. The molecule has 1 atom stereocenters. The Morgan fingerprint density at radius 2 is 2.07 bits per heavy atom. The Labute approximate surface area is 84.9 Å². The van der Waals surface area contributed by atoms with E-state index in [-0.39, 0.29) is 6.04 Å². The number of nitriles is 1. The summed E-state index contributed by atoms with van der Waals surface area (Å²) in [7, 11) is 0. The molecule has 0 fully saturated rings.